The number of nitrogens with two attached hydrogens (primary N) is 1. The van der Waals surface area contributed by atoms with Gasteiger partial charge in [-0.3, -0.25) is 4.79 Å². The molecule has 0 heterocycles. The van der Waals surface area contributed by atoms with E-state index in [9.17, 15) is 4.79 Å². The highest BCUT2D eigenvalue weighted by molar-refractivity contribution is 5.78. The Bertz CT molecular complexity index is 231. The number of rotatable bonds is 7. The smallest absolute Gasteiger partial charge is 0.223 e. The zero-order valence-electron chi connectivity index (χ0n) is 11.1. The van der Waals surface area contributed by atoms with Gasteiger partial charge in [0, 0.05) is 25.1 Å². The summed E-state index contributed by atoms with van der Waals surface area (Å²) >= 11 is 0. The van der Waals surface area contributed by atoms with Crippen LogP contribution in [-0.2, 0) is 9.53 Å². The second kappa shape index (κ2) is 7.67. The van der Waals surface area contributed by atoms with E-state index in [-0.39, 0.29) is 17.9 Å². The molecule has 0 bridgehead atoms. The quantitative estimate of drug-likeness (QED) is 0.661. The molecular formula is C13H26N2O2. The molecule has 0 saturated heterocycles. The number of hydrogen-bond acceptors (Lipinski definition) is 3. The van der Waals surface area contributed by atoms with Gasteiger partial charge in [-0.15, -0.1) is 0 Å². The molecule has 0 aromatic heterocycles. The molecule has 3 N–H and O–H groups in total. The van der Waals surface area contributed by atoms with Crippen LogP contribution >= 0.6 is 0 Å². The van der Waals surface area contributed by atoms with E-state index in [1.54, 1.807) is 0 Å². The lowest BCUT2D eigenvalue weighted by molar-refractivity contribution is -0.125. The summed E-state index contributed by atoms with van der Waals surface area (Å²) < 4.78 is 5.44. The van der Waals surface area contributed by atoms with Crippen LogP contribution in [0.25, 0.3) is 0 Å². The van der Waals surface area contributed by atoms with Crippen molar-refractivity contribution in [2.24, 2.45) is 17.6 Å². The van der Waals surface area contributed by atoms with Gasteiger partial charge in [0.05, 0.1) is 6.61 Å². The predicted molar refractivity (Wildman–Crippen MR) is 68.6 cm³/mol. The number of hydrogen-bond donors (Lipinski definition) is 2. The Morgan fingerprint density at radius 2 is 2.18 bits per heavy atom. The van der Waals surface area contributed by atoms with Crippen LogP contribution < -0.4 is 11.1 Å². The van der Waals surface area contributed by atoms with Crippen LogP contribution in [-0.4, -0.2) is 31.7 Å². The second-order valence-electron chi connectivity index (χ2n) is 5.36. The maximum atomic E-state index is 11.7. The normalized spacial score (nSPS) is 24.2. The molecule has 1 fully saturated rings. The molecule has 1 aliphatic rings. The van der Waals surface area contributed by atoms with Gasteiger partial charge in [0.25, 0.3) is 0 Å². The van der Waals surface area contributed by atoms with Crippen LogP contribution in [0.2, 0.25) is 0 Å². The van der Waals surface area contributed by atoms with Crippen molar-refractivity contribution < 1.29 is 9.53 Å². The summed E-state index contributed by atoms with van der Waals surface area (Å²) in [6, 6.07) is 0.216. The van der Waals surface area contributed by atoms with E-state index in [0.717, 1.165) is 32.3 Å². The van der Waals surface area contributed by atoms with Crippen molar-refractivity contribution in [3.63, 3.8) is 0 Å². The van der Waals surface area contributed by atoms with Gasteiger partial charge >= 0.3 is 0 Å². The Labute approximate surface area is 104 Å². The topological polar surface area (TPSA) is 64.3 Å². The molecule has 0 aliphatic heterocycles. The number of nitrogens with one attached hydrogen (secondary N) is 1. The maximum absolute atomic E-state index is 11.7. The Hall–Kier alpha value is -0.610. The molecule has 4 heteroatoms. The molecule has 1 aliphatic carbocycles. The van der Waals surface area contributed by atoms with E-state index in [0.29, 0.717) is 19.1 Å². The number of ether oxygens (including phenoxy) is 1. The zero-order valence-corrected chi connectivity index (χ0v) is 11.1. The molecule has 2 atom stereocenters. The molecule has 0 aromatic carbocycles. The van der Waals surface area contributed by atoms with E-state index in [1.807, 2.05) is 0 Å². The van der Waals surface area contributed by atoms with Crippen molar-refractivity contribution in [1.29, 1.82) is 0 Å². The van der Waals surface area contributed by atoms with Gasteiger partial charge in [-0.05, 0) is 31.6 Å². The van der Waals surface area contributed by atoms with E-state index in [4.69, 9.17) is 10.5 Å². The Balaban J connectivity index is 1.97. The number of amides is 1. The molecule has 1 saturated carbocycles. The Kier molecular flexibility index (Phi) is 6.52. The standard InChI is InChI=1S/C13H26N2O2/c1-10(2)5-7-17-8-6-15-13(16)11-3-4-12(14)9-11/h10-12H,3-9,14H2,1-2H3,(H,15,16). The van der Waals surface area contributed by atoms with Crippen LogP contribution in [0.5, 0.6) is 0 Å². The fourth-order valence-corrected chi connectivity index (χ4v) is 2.07. The molecule has 0 radical (unpaired) electrons. The van der Waals surface area contributed by atoms with Crippen molar-refractivity contribution in [3.8, 4) is 0 Å². The lowest BCUT2D eigenvalue weighted by Gasteiger charge is -2.11. The van der Waals surface area contributed by atoms with E-state index >= 15 is 0 Å². The summed E-state index contributed by atoms with van der Waals surface area (Å²) in [5.74, 6) is 0.940. The van der Waals surface area contributed by atoms with E-state index in [1.165, 1.54) is 0 Å². The average Bonchev–Trinajstić information content (AvgIpc) is 2.69. The van der Waals surface area contributed by atoms with Gasteiger partial charge in [0.15, 0.2) is 0 Å². The molecule has 1 amide bonds. The van der Waals surface area contributed by atoms with Crippen LogP contribution in [0, 0.1) is 11.8 Å². The fourth-order valence-electron chi connectivity index (χ4n) is 2.07. The monoisotopic (exact) mass is 242 g/mol. The van der Waals surface area contributed by atoms with Crippen molar-refractivity contribution in [1.82, 2.24) is 5.32 Å². The average molecular weight is 242 g/mol. The molecule has 4 nitrogen and oxygen atoms in total. The zero-order chi connectivity index (χ0) is 12.7. The maximum Gasteiger partial charge on any atom is 0.223 e. The van der Waals surface area contributed by atoms with Gasteiger partial charge in [-0.1, -0.05) is 13.8 Å². The Morgan fingerprint density at radius 3 is 2.76 bits per heavy atom. The fraction of sp³-hybridized carbons (Fsp3) is 0.923. The second-order valence-corrected chi connectivity index (χ2v) is 5.36. The van der Waals surface area contributed by atoms with Crippen molar-refractivity contribution in [3.05, 3.63) is 0 Å². The first kappa shape index (κ1) is 14.5. The summed E-state index contributed by atoms with van der Waals surface area (Å²) in [5, 5.41) is 2.91. The molecule has 17 heavy (non-hydrogen) atoms. The molecule has 2 unspecified atom stereocenters. The molecule has 0 spiro atoms. The third kappa shape index (κ3) is 6.03. The predicted octanol–water partition coefficient (Wildman–Crippen LogP) is 1.29. The summed E-state index contributed by atoms with van der Waals surface area (Å²) in [4.78, 5) is 11.7. The largest absolute Gasteiger partial charge is 0.380 e. The first-order chi connectivity index (χ1) is 8.09. The van der Waals surface area contributed by atoms with Crippen LogP contribution in [0.1, 0.15) is 39.5 Å². The minimum absolute atomic E-state index is 0.126. The minimum Gasteiger partial charge on any atom is -0.380 e. The van der Waals surface area contributed by atoms with Gasteiger partial charge in [0.2, 0.25) is 5.91 Å². The first-order valence-electron chi connectivity index (χ1n) is 6.70. The molecule has 1 rings (SSSR count). The van der Waals surface area contributed by atoms with Crippen molar-refractivity contribution in [2.45, 2.75) is 45.6 Å². The van der Waals surface area contributed by atoms with Gasteiger partial charge < -0.3 is 15.8 Å². The van der Waals surface area contributed by atoms with Crippen LogP contribution in [0.3, 0.4) is 0 Å². The Morgan fingerprint density at radius 1 is 1.41 bits per heavy atom. The third-order valence-electron chi connectivity index (χ3n) is 3.23. The lowest BCUT2D eigenvalue weighted by Crippen LogP contribution is -2.33. The third-order valence-corrected chi connectivity index (χ3v) is 3.23. The highest BCUT2D eigenvalue weighted by Gasteiger charge is 2.27. The molecular weight excluding hydrogens is 216 g/mol. The minimum atomic E-state index is 0.126. The van der Waals surface area contributed by atoms with Gasteiger partial charge in [-0.25, -0.2) is 0 Å². The molecule has 0 aromatic rings. The van der Waals surface area contributed by atoms with Crippen LogP contribution in [0.15, 0.2) is 0 Å². The summed E-state index contributed by atoms with van der Waals surface area (Å²) in [7, 11) is 0. The SMILES string of the molecule is CC(C)CCOCCNC(=O)C1CCC(N)C1. The highest BCUT2D eigenvalue weighted by atomic mass is 16.5. The number of carbonyl (C=O) groups excluding carboxylic acids is 1. The highest BCUT2D eigenvalue weighted by Crippen LogP contribution is 2.23. The van der Waals surface area contributed by atoms with E-state index < -0.39 is 0 Å². The van der Waals surface area contributed by atoms with Crippen molar-refractivity contribution >= 4 is 5.91 Å². The van der Waals surface area contributed by atoms with Crippen LogP contribution in [0.4, 0.5) is 0 Å². The summed E-state index contributed by atoms with van der Waals surface area (Å²) in [5.41, 5.74) is 5.78. The summed E-state index contributed by atoms with van der Waals surface area (Å²) in [6.07, 6.45) is 3.82. The number of carbonyl (C=O) groups is 1. The summed E-state index contributed by atoms with van der Waals surface area (Å²) in [6.45, 7) is 6.35. The van der Waals surface area contributed by atoms with Crippen molar-refractivity contribution in [2.75, 3.05) is 19.8 Å². The lowest BCUT2D eigenvalue weighted by atomic mass is 10.1. The molecule has 100 valence electrons. The first-order valence-corrected chi connectivity index (χ1v) is 6.70. The van der Waals surface area contributed by atoms with Gasteiger partial charge in [0.1, 0.15) is 0 Å². The van der Waals surface area contributed by atoms with E-state index in [2.05, 4.69) is 19.2 Å². The van der Waals surface area contributed by atoms with Gasteiger partial charge in [-0.2, -0.15) is 0 Å².